The van der Waals surface area contributed by atoms with E-state index in [9.17, 15) is 22.9 Å². The lowest BCUT2D eigenvalue weighted by molar-refractivity contribution is -0.384. The van der Waals surface area contributed by atoms with Crippen molar-refractivity contribution in [3.63, 3.8) is 0 Å². The number of aromatic nitrogens is 2. The number of nitro benzene ring substituents is 1. The molecule has 3 rings (SSSR count). The van der Waals surface area contributed by atoms with Crippen LogP contribution in [0.2, 0.25) is 0 Å². The van der Waals surface area contributed by atoms with Crippen molar-refractivity contribution in [1.29, 1.82) is 0 Å². The van der Waals surface area contributed by atoms with Crippen LogP contribution in [-0.4, -0.2) is 28.4 Å². The summed E-state index contributed by atoms with van der Waals surface area (Å²) in [5, 5.41) is 14.8. The topological polar surface area (TPSA) is 119 Å². The SMILES string of the molecule is Cn1ccnc1[C@@H](Nc1ccc(S(=O)(=O)NC(C)(C)C)cc1[N+](=O)[O-])c1ccccc1F. The largest absolute Gasteiger partial charge is 0.366 e. The van der Waals surface area contributed by atoms with Gasteiger partial charge >= 0.3 is 0 Å². The maximum atomic E-state index is 14.6. The summed E-state index contributed by atoms with van der Waals surface area (Å²) in [6.45, 7) is 5.00. The Morgan fingerprint density at radius 1 is 1.19 bits per heavy atom. The summed E-state index contributed by atoms with van der Waals surface area (Å²) in [5.74, 6) is -0.0836. The van der Waals surface area contributed by atoms with Crippen molar-refractivity contribution >= 4 is 21.4 Å². The highest BCUT2D eigenvalue weighted by Crippen LogP contribution is 2.34. The summed E-state index contributed by atoms with van der Waals surface area (Å²) in [6, 6.07) is 8.72. The van der Waals surface area contributed by atoms with Gasteiger partial charge in [-0.25, -0.2) is 22.5 Å². The summed E-state index contributed by atoms with van der Waals surface area (Å²) in [6.07, 6.45) is 3.21. The Hall–Kier alpha value is -3.31. The first-order valence-electron chi connectivity index (χ1n) is 9.69. The number of nitro groups is 1. The van der Waals surface area contributed by atoms with Crippen LogP contribution in [0, 0.1) is 15.9 Å². The molecule has 9 nitrogen and oxygen atoms in total. The molecule has 0 amide bonds. The predicted molar refractivity (Wildman–Crippen MR) is 118 cm³/mol. The molecule has 0 fully saturated rings. The molecule has 3 aromatic rings. The summed E-state index contributed by atoms with van der Waals surface area (Å²) >= 11 is 0. The zero-order chi connectivity index (χ0) is 23.7. The number of hydrogen-bond acceptors (Lipinski definition) is 6. The number of aryl methyl sites for hydroxylation is 1. The van der Waals surface area contributed by atoms with Crippen LogP contribution in [0.5, 0.6) is 0 Å². The second-order valence-electron chi connectivity index (χ2n) is 8.29. The summed E-state index contributed by atoms with van der Waals surface area (Å²) in [4.78, 5) is 15.1. The third kappa shape index (κ3) is 5.11. The third-order valence-corrected chi connectivity index (χ3v) is 6.31. The number of nitrogens with one attached hydrogen (secondary N) is 2. The average molecular weight is 462 g/mol. The summed E-state index contributed by atoms with van der Waals surface area (Å²) in [7, 11) is -2.26. The van der Waals surface area contributed by atoms with Crippen LogP contribution in [0.15, 0.2) is 59.8 Å². The number of benzene rings is 2. The van der Waals surface area contributed by atoms with Gasteiger partial charge in [-0.3, -0.25) is 10.1 Å². The van der Waals surface area contributed by atoms with Crippen molar-refractivity contribution in [3.8, 4) is 0 Å². The zero-order valence-electron chi connectivity index (χ0n) is 18.0. The maximum absolute atomic E-state index is 14.6. The molecule has 1 heterocycles. The first-order valence-corrected chi connectivity index (χ1v) is 11.2. The van der Waals surface area contributed by atoms with Gasteiger partial charge in [-0.1, -0.05) is 18.2 Å². The second kappa shape index (κ2) is 8.67. The van der Waals surface area contributed by atoms with Crippen LogP contribution in [0.1, 0.15) is 38.2 Å². The molecule has 1 atom stereocenters. The lowest BCUT2D eigenvalue weighted by Crippen LogP contribution is -2.40. The number of imidazole rings is 1. The van der Waals surface area contributed by atoms with E-state index in [1.165, 1.54) is 24.4 Å². The first-order chi connectivity index (χ1) is 14.9. The lowest BCUT2D eigenvalue weighted by Gasteiger charge is -2.22. The molecule has 0 radical (unpaired) electrons. The van der Waals surface area contributed by atoms with Crippen LogP contribution in [0.4, 0.5) is 15.8 Å². The molecular formula is C21H24FN5O4S. The van der Waals surface area contributed by atoms with E-state index >= 15 is 0 Å². The highest BCUT2D eigenvalue weighted by Gasteiger charge is 2.28. The highest BCUT2D eigenvalue weighted by molar-refractivity contribution is 7.89. The quantitative estimate of drug-likeness (QED) is 0.409. The molecule has 0 bridgehead atoms. The third-order valence-electron chi connectivity index (χ3n) is 4.55. The monoisotopic (exact) mass is 461 g/mol. The molecule has 11 heteroatoms. The van der Waals surface area contributed by atoms with Crippen molar-refractivity contribution in [3.05, 3.63) is 82.2 Å². The van der Waals surface area contributed by atoms with E-state index in [2.05, 4.69) is 15.0 Å². The number of hydrogen-bond donors (Lipinski definition) is 2. The van der Waals surface area contributed by atoms with E-state index in [0.29, 0.717) is 5.82 Å². The lowest BCUT2D eigenvalue weighted by atomic mass is 10.0. The average Bonchev–Trinajstić information content (AvgIpc) is 3.10. The summed E-state index contributed by atoms with van der Waals surface area (Å²) in [5.41, 5.74) is -0.959. The molecule has 0 saturated heterocycles. The van der Waals surface area contributed by atoms with Gasteiger partial charge in [-0.15, -0.1) is 0 Å². The number of halogens is 1. The summed E-state index contributed by atoms with van der Waals surface area (Å²) < 4.78 is 44.0. The number of anilines is 1. The van der Waals surface area contributed by atoms with Crippen LogP contribution < -0.4 is 10.0 Å². The highest BCUT2D eigenvalue weighted by atomic mass is 32.2. The molecule has 1 aromatic heterocycles. The number of sulfonamides is 1. The van der Waals surface area contributed by atoms with Crippen LogP contribution in [0.3, 0.4) is 0 Å². The Morgan fingerprint density at radius 2 is 1.88 bits per heavy atom. The van der Waals surface area contributed by atoms with Gasteiger partial charge in [0.15, 0.2) is 0 Å². The van der Waals surface area contributed by atoms with Gasteiger partial charge in [0.1, 0.15) is 23.4 Å². The van der Waals surface area contributed by atoms with Crippen LogP contribution in [0.25, 0.3) is 0 Å². The molecule has 2 aromatic carbocycles. The van der Waals surface area contributed by atoms with Gasteiger partial charge in [-0.05, 0) is 39.0 Å². The normalized spacial score (nSPS) is 13.0. The van der Waals surface area contributed by atoms with E-state index in [1.807, 2.05) is 0 Å². The zero-order valence-corrected chi connectivity index (χ0v) is 18.9. The molecule has 0 aliphatic rings. The fourth-order valence-corrected chi connectivity index (χ4v) is 4.65. The van der Waals surface area contributed by atoms with Crippen molar-refractivity contribution in [2.75, 3.05) is 5.32 Å². The molecule has 32 heavy (non-hydrogen) atoms. The van der Waals surface area contributed by atoms with E-state index in [-0.39, 0.29) is 16.1 Å². The molecule has 0 spiro atoms. The van der Waals surface area contributed by atoms with Gasteiger partial charge in [-0.2, -0.15) is 0 Å². The smallest absolute Gasteiger partial charge is 0.293 e. The van der Waals surface area contributed by atoms with E-state index in [0.717, 1.165) is 6.07 Å². The van der Waals surface area contributed by atoms with Crippen molar-refractivity contribution in [1.82, 2.24) is 14.3 Å². The van der Waals surface area contributed by atoms with E-state index in [4.69, 9.17) is 0 Å². The molecular weight excluding hydrogens is 437 g/mol. The molecule has 0 aliphatic heterocycles. The Morgan fingerprint density at radius 3 is 2.44 bits per heavy atom. The Kier molecular flexibility index (Phi) is 6.33. The molecule has 0 aliphatic carbocycles. The van der Waals surface area contributed by atoms with Gasteiger partial charge in [0.25, 0.3) is 5.69 Å². The van der Waals surface area contributed by atoms with Gasteiger partial charge in [0, 0.05) is 36.6 Å². The molecule has 170 valence electrons. The molecule has 0 saturated carbocycles. The van der Waals surface area contributed by atoms with Gasteiger partial charge in [0.05, 0.1) is 9.82 Å². The minimum Gasteiger partial charge on any atom is -0.366 e. The number of rotatable bonds is 7. The predicted octanol–water partition coefficient (Wildman–Crippen LogP) is 3.75. The molecule has 0 unspecified atom stereocenters. The minimum atomic E-state index is -3.99. The van der Waals surface area contributed by atoms with Gasteiger partial charge in [0.2, 0.25) is 10.0 Å². The van der Waals surface area contributed by atoms with Crippen molar-refractivity contribution in [2.45, 2.75) is 37.2 Å². The van der Waals surface area contributed by atoms with Crippen LogP contribution in [-0.2, 0) is 17.1 Å². The first kappa shape index (κ1) is 23.4. The van der Waals surface area contributed by atoms with Crippen LogP contribution >= 0.6 is 0 Å². The minimum absolute atomic E-state index is 0.0287. The Labute approximate surface area is 185 Å². The molecule has 2 N–H and O–H groups in total. The fourth-order valence-electron chi connectivity index (χ4n) is 3.22. The Bertz CT molecular complexity index is 1250. The Balaban J connectivity index is 2.08. The fraction of sp³-hybridized carbons (Fsp3) is 0.286. The van der Waals surface area contributed by atoms with Crippen molar-refractivity contribution < 1.29 is 17.7 Å². The standard InChI is InChI=1S/C21H24FN5O4S/c1-21(2,3)25-32(30,31)14-9-10-17(18(13-14)27(28)29)24-19(20-23-11-12-26(20)4)15-7-5-6-8-16(15)22/h5-13,19,24-25H,1-4H3/t19-/m0/s1. The van der Waals surface area contributed by atoms with E-state index in [1.54, 1.807) is 56.8 Å². The van der Waals surface area contributed by atoms with Crippen molar-refractivity contribution in [2.24, 2.45) is 7.05 Å². The second-order valence-corrected chi connectivity index (χ2v) is 9.97. The van der Waals surface area contributed by atoms with E-state index < -0.39 is 38.0 Å². The number of nitrogens with zero attached hydrogens (tertiary/aromatic N) is 3. The maximum Gasteiger partial charge on any atom is 0.293 e. The van der Waals surface area contributed by atoms with Gasteiger partial charge < -0.3 is 9.88 Å².